The van der Waals surface area contributed by atoms with E-state index in [1.165, 1.54) is 0 Å². The van der Waals surface area contributed by atoms with Gasteiger partial charge in [0, 0.05) is 23.7 Å². The fourth-order valence-electron chi connectivity index (χ4n) is 13.5. The molecule has 270 valence electrons. The molecule has 10 heteroatoms. The number of carbonyl (C=O) groups is 1. The fourth-order valence-corrected chi connectivity index (χ4v) is 13.5. The van der Waals surface area contributed by atoms with Crippen molar-refractivity contribution < 1.29 is 47.8 Å². The van der Waals surface area contributed by atoms with E-state index in [0.29, 0.717) is 19.3 Å². The second kappa shape index (κ2) is 11.3. The molecule has 8 nitrogen and oxygen atoms in total. The van der Waals surface area contributed by atoms with Crippen molar-refractivity contribution in [3.8, 4) is 0 Å². The third-order valence-corrected chi connectivity index (χ3v) is 15.6. The first kappa shape index (κ1) is 35.9. The van der Waals surface area contributed by atoms with Gasteiger partial charge in [-0.05, 0) is 99.2 Å². The highest BCUT2D eigenvalue weighted by atomic mass is 19.3. The standard InChI is InChI=1S/C37H60F2O8/c1-22-35-12-11-32(6)28(34(8)10-9-26(47-34)31(4,5)43)23(41)20-33(32,7)25(35)19-24(46-27(42)21-45-18-17-44-16-15-40)29-30(2,3)37(38,39)14-13-36(22,29)35/h22-26,28-29,40-41,43H,9-21H2,1-8H3/t22-,23-,24-,25-,26?,28-,29-,32+,33-,34-,35-,36?/m0/s1. The minimum absolute atomic E-state index is 0.0721. The molecule has 0 aromatic rings. The van der Waals surface area contributed by atoms with Gasteiger partial charge >= 0.3 is 5.97 Å². The van der Waals surface area contributed by atoms with Crippen LogP contribution < -0.4 is 0 Å². The summed E-state index contributed by atoms with van der Waals surface area (Å²) in [5, 5.41) is 31.7. The topological polar surface area (TPSA) is 115 Å². The first-order valence-corrected chi connectivity index (χ1v) is 18.1. The summed E-state index contributed by atoms with van der Waals surface area (Å²) in [6.07, 6.45) is 2.93. The third kappa shape index (κ3) is 4.80. The maximum absolute atomic E-state index is 15.9. The lowest BCUT2D eigenvalue weighted by Crippen LogP contribution is -2.64. The Morgan fingerprint density at radius 2 is 1.57 bits per heavy atom. The van der Waals surface area contributed by atoms with Crippen molar-refractivity contribution >= 4 is 5.97 Å². The Morgan fingerprint density at radius 3 is 2.21 bits per heavy atom. The molecule has 1 aliphatic heterocycles. The number of alkyl halides is 2. The van der Waals surface area contributed by atoms with Gasteiger partial charge in [-0.25, -0.2) is 13.6 Å². The van der Waals surface area contributed by atoms with Gasteiger partial charge in [0.2, 0.25) is 0 Å². The number of hydrogen-bond donors (Lipinski definition) is 3. The molecule has 6 aliphatic rings. The van der Waals surface area contributed by atoms with Crippen LogP contribution in [0.3, 0.4) is 0 Å². The van der Waals surface area contributed by atoms with Crippen molar-refractivity contribution in [2.45, 2.75) is 142 Å². The molecule has 6 fully saturated rings. The quantitative estimate of drug-likeness (QED) is 0.205. The Balaban J connectivity index is 1.33. The molecule has 0 aromatic heterocycles. The van der Waals surface area contributed by atoms with Crippen molar-refractivity contribution in [1.82, 2.24) is 0 Å². The molecule has 47 heavy (non-hydrogen) atoms. The average molecular weight is 671 g/mol. The summed E-state index contributed by atoms with van der Waals surface area (Å²) in [6, 6.07) is 0. The van der Waals surface area contributed by atoms with E-state index < -0.39 is 46.6 Å². The highest BCUT2D eigenvalue weighted by Crippen LogP contribution is 2.92. The Labute approximate surface area is 279 Å². The van der Waals surface area contributed by atoms with Crippen LogP contribution in [0, 0.1) is 50.7 Å². The smallest absolute Gasteiger partial charge is 0.332 e. The van der Waals surface area contributed by atoms with E-state index in [0.717, 1.165) is 25.7 Å². The average Bonchev–Trinajstić information content (AvgIpc) is 3.16. The van der Waals surface area contributed by atoms with Gasteiger partial charge in [-0.2, -0.15) is 0 Å². The van der Waals surface area contributed by atoms with Crippen LogP contribution in [0.1, 0.15) is 107 Å². The summed E-state index contributed by atoms with van der Waals surface area (Å²) in [7, 11) is 0. The van der Waals surface area contributed by atoms with Gasteiger partial charge in [0.15, 0.2) is 0 Å². The number of fused-ring (bicyclic) bond motifs is 2. The Morgan fingerprint density at radius 1 is 0.915 bits per heavy atom. The molecule has 2 unspecified atom stereocenters. The van der Waals surface area contributed by atoms with E-state index in [1.807, 2.05) is 0 Å². The highest BCUT2D eigenvalue weighted by molar-refractivity contribution is 5.71. The number of aliphatic hydroxyl groups excluding tert-OH is 2. The number of aliphatic hydroxyl groups is 3. The molecule has 6 rings (SSSR count). The summed E-state index contributed by atoms with van der Waals surface area (Å²) in [6.45, 7) is 16.1. The number of halogens is 2. The van der Waals surface area contributed by atoms with Crippen LogP contribution in [0.4, 0.5) is 8.78 Å². The summed E-state index contributed by atoms with van der Waals surface area (Å²) in [5.74, 6) is -3.84. The van der Waals surface area contributed by atoms with Gasteiger partial charge < -0.3 is 34.3 Å². The number of carbonyl (C=O) groups excluding carboxylic acids is 1. The number of hydrogen-bond acceptors (Lipinski definition) is 8. The second-order valence-corrected chi connectivity index (χ2v) is 18.1. The van der Waals surface area contributed by atoms with Gasteiger partial charge in [-0.15, -0.1) is 0 Å². The molecule has 5 saturated carbocycles. The minimum Gasteiger partial charge on any atom is -0.460 e. The van der Waals surface area contributed by atoms with Crippen molar-refractivity contribution in [1.29, 1.82) is 0 Å². The summed E-state index contributed by atoms with van der Waals surface area (Å²) >= 11 is 0. The Hall–Kier alpha value is -0.910. The lowest BCUT2D eigenvalue weighted by Gasteiger charge is -2.64. The zero-order valence-corrected chi connectivity index (χ0v) is 29.9. The van der Waals surface area contributed by atoms with Crippen molar-refractivity contribution in [2.24, 2.45) is 50.7 Å². The number of ether oxygens (including phenoxy) is 4. The molecule has 0 aromatic carbocycles. The maximum Gasteiger partial charge on any atom is 0.332 e. The second-order valence-electron chi connectivity index (χ2n) is 18.1. The molecule has 1 heterocycles. The first-order chi connectivity index (χ1) is 21.7. The molecule has 12 atom stereocenters. The van der Waals surface area contributed by atoms with Crippen LogP contribution in [0.15, 0.2) is 0 Å². The van der Waals surface area contributed by atoms with Crippen LogP contribution in [-0.2, 0) is 23.7 Å². The molecular weight excluding hydrogens is 610 g/mol. The zero-order valence-electron chi connectivity index (χ0n) is 29.9. The molecule has 0 bridgehead atoms. The van der Waals surface area contributed by atoms with Crippen molar-refractivity contribution in [3.05, 3.63) is 0 Å². The monoisotopic (exact) mass is 670 g/mol. The summed E-state index contributed by atoms with van der Waals surface area (Å²) in [4.78, 5) is 13.3. The lowest BCUT2D eigenvalue weighted by molar-refractivity contribution is -0.252. The third-order valence-electron chi connectivity index (χ3n) is 15.6. The summed E-state index contributed by atoms with van der Waals surface area (Å²) < 4.78 is 55.4. The molecule has 0 amide bonds. The first-order valence-electron chi connectivity index (χ1n) is 18.1. The normalized spacial score (nSPS) is 49.4. The Bertz CT molecular complexity index is 1220. The van der Waals surface area contributed by atoms with E-state index >= 15 is 8.78 Å². The van der Waals surface area contributed by atoms with Crippen LogP contribution in [0.5, 0.6) is 0 Å². The van der Waals surface area contributed by atoms with E-state index in [9.17, 15) is 15.0 Å². The van der Waals surface area contributed by atoms with Crippen LogP contribution in [0.2, 0.25) is 0 Å². The highest BCUT2D eigenvalue weighted by Gasteiger charge is 2.90. The van der Waals surface area contributed by atoms with E-state index in [2.05, 4.69) is 27.7 Å². The molecule has 3 N–H and O–H groups in total. The number of esters is 1. The zero-order chi connectivity index (χ0) is 34.6. The molecule has 1 saturated heterocycles. The van der Waals surface area contributed by atoms with E-state index in [-0.39, 0.29) is 85.0 Å². The fraction of sp³-hybridized carbons (Fsp3) is 0.973. The van der Waals surface area contributed by atoms with Crippen LogP contribution in [-0.4, -0.2) is 89.8 Å². The molecular formula is C37H60F2O8. The van der Waals surface area contributed by atoms with Gasteiger partial charge in [0.25, 0.3) is 5.92 Å². The Kier molecular flexibility index (Phi) is 8.63. The van der Waals surface area contributed by atoms with E-state index in [4.69, 9.17) is 24.1 Å². The molecule has 2 spiro atoms. The number of rotatable bonds is 10. The predicted octanol–water partition coefficient (Wildman–Crippen LogP) is 5.53. The summed E-state index contributed by atoms with van der Waals surface area (Å²) in [5.41, 5.74) is -4.14. The van der Waals surface area contributed by atoms with Crippen LogP contribution >= 0.6 is 0 Å². The van der Waals surface area contributed by atoms with Crippen molar-refractivity contribution in [2.75, 3.05) is 33.0 Å². The molecule has 5 aliphatic carbocycles. The van der Waals surface area contributed by atoms with Gasteiger partial charge in [0.05, 0.1) is 49.8 Å². The minimum atomic E-state index is -2.89. The molecule has 0 radical (unpaired) electrons. The predicted molar refractivity (Wildman–Crippen MR) is 171 cm³/mol. The largest absolute Gasteiger partial charge is 0.460 e. The van der Waals surface area contributed by atoms with Crippen LogP contribution in [0.25, 0.3) is 0 Å². The van der Waals surface area contributed by atoms with Crippen molar-refractivity contribution in [3.63, 3.8) is 0 Å². The van der Waals surface area contributed by atoms with Gasteiger partial charge in [-0.3, -0.25) is 0 Å². The maximum atomic E-state index is 15.9. The lowest BCUT2D eigenvalue weighted by atomic mass is 9.41. The van der Waals surface area contributed by atoms with Gasteiger partial charge in [-0.1, -0.05) is 34.6 Å². The SMILES string of the molecule is C[C@@H]1C23CCC(F)(F)C(C)(C)[C@@H]2[C@@H](OC(=O)COCCOCCO)C[C@@H]2[C@]13CC[C@]1(C)[C@@H]([C@]3(C)CCC(C(C)(C)O)O3)[C@@H](O)C[C@@]21C. The van der Waals surface area contributed by atoms with E-state index in [1.54, 1.807) is 27.7 Å². The van der Waals surface area contributed by atoms with Gasteiger partial charge in [0.1, 0.15) is 12.7 Å².